The van der Waals surface area contributed by atoms with Gasteiger partial charge in [0, 0.05) is 18.2 Å². The van der Waals surface area contributed by atoms with Crippen molar-refractivity contribution in [3.63, 3.8) is 0 Å². The number of benzene rings is 3. The molecule has 0 aliphatic carbocycles. The van der Waals surface area contributed by atoms with E-state index >= 15 is 0 Å². The maximum atomic E-state index is 12.9. The number of amides is 1. The van der Waals surface area contributed by atoms with Gasteiger partial charge in [-0.05, 0) is 42.0 Å². The molecule has 0 unspecified atom stereocenters. The Balaban J connectivity index is 1.56. The summed E-state index contributed by atoms with van der Waals surface area (Å²) in [6.45, 7) is 0.386. The third kappa shape index (κ3) is 4.82. The van der Waals surface area contributed by atoms with Crippen LogP contribution in [0.5, 0.6) is 17.2 Å². The lowest BCUT2D eigenvalue weighted by atomic mass is 10.1. The molecular weight excluding hydrogens is 420 g/mol. The second kappa shape index (κ2) is 9.91. The van der Waals surface area contributed by atoms with Crippen LogP contribution in [0.3, 0.4) is 0 Å². The Morgan fingerprint density at radius 1 is 0.879 bits per heavy atom. The zero-order valence-electron chi connectivity index (χ0n) is 18.6. The van der Waals surface area contributed by atoms with Crippen molar-refractivity contribution >= 4 is 5.91 Å². The predicted molar refractivity (Wildman–Crippen MR) is 125 cm³/mol. The highest BCUT2D eigenvalue weighted by atomic mass is 16.5. The lowest BCUT2D eigenvalue weighted by Gasteiger charge is -2.09. The summed E-state index contributed by atoms with van der Waals surface area (Å²) in [4.78, 5) is 17.4. The van der Waals surface area contributed by atoms with E-state index in [-0.39, 0.29) is 5.91 Å². The SMILES string of the molecule is COc1ccc(CNC(=O)c2ccccc2-c2ncc(-c3ccc(OC)cc3OC)o2)cc1. The van der Waals surface area contributed by atoms with E-state index in [0.29, 0.717) is 40.8 Å². The van der Waals surface area contributed by atoms with Gasteiger partial charge in [-0.15, -0.1) is 0 Å². The number of hydrogen-bond donors (Lipinski definition) is 1. The topological polar surface area (TPSA) is 82.8 Å². The largest absolute Gasteiger partial charge is 0.497 e. The highest BCUT2D eigenvalue weighted by Crippen LogP contribution is 2.35. The summed E-state index contributed by atoms with van der Waals surface area (Å²) in [6.07, 6.45) is 1.62. The second-order valence-electron chi connectivity index (χ2n) is 7.17. The fraction of sp³-hybridized carbons (Fsp3) is 0.154. The minimum Gasteiger partial charge on any atom is -0.497 e. The summed E-state index contributed by atoms with van der Waals surface area (Å²) >= 11 is 0. The summed E-state index contributed by atoms with van der Waals surface area (Å²) in [5.41, 5.74) is 2.77. The molecule has 1 N–H and O–H groups in total. The van der Waals surface area contributed by atoms with Crippen LogP contribution in [0.15, 0.2) is 77.3 Å². The van der Waals surface area contributed by atoms with E-state index in [4.69, 9.17) is 18.6 Å². The molecule has 33 heavy (non-hydrogen) atoms. The number of hydrogen-bond acceptors (Lipinski definition) is 6. The first-order valence-corrected chi connectivity index (χ1v) is 10.3. The van der Waals surface area contributed by atoms with Crippen LogP contribution in [-0.2, 0) is 6.54 Å². The van der Waals surface area contributed by atoms with Gasteiger partial charge in [0.1, 0.15) is 17.2 Å². The van der Waals surface area contributed by atoms with Crippen molar-refractivity contribution in [3.8, 4) is 40.0 Å². The molecule has 0 saturated heterocycles. The van der Waals surface area contributed by atoms with Gasteiger partial charge >= 0.3 is 0 Å². The molecule has 7 heteroatoms. The van der Waals surface area contributed by atoms with Gasteiger partial charge in [-0.2, -0.15) is 0 Å². The molecule has 0 saturated carbocycles. The summed E-state index contributed by atoms with van der Waals surface area (Å²) in [7, 11) is 4.79. The average molecular weight is 444 g/mol. The minimum absolute atomic E-state index is 0.219. The highest BCUT2D eigenvalue weighted by Gasteiger charge is 2.18. The van der Waals surface area contributed by atoms with Crippen molar-refractivity contribution < 1.29 is 23.4 Å². The third-order valence-electron chi connectivity index (χ3n) is 5.19. The number of carbonyl (C=O) groups excluding carboxylic acids is 1. The van der Waals surface area contributed by atoms with Crippen molar-refractivity contribution in [2.75, 3.05) is 21.3 Å². The summed E-state index contributed by atoms with van der Waals surface area (Å²) in [6, 6.07) is 20.2. The van der Waals surface area contributed by atoms with E-state index < -0.39 is 0 Å². The lowest BCUT2D eigenvalue weighted by Crippen LogP contribution is -2.23. The monoisotopic (exact) mass is 444 g/mol. The first-order valence-electron chi connectivity index (χ1n) is 10.3. The zero-order chi connectivity index (χ0) is 23.2. The highest BCUT2D eigenvalue weighted by molar-refractivity contribution is 6.00. The standard InChI is InChI=1S/C26H24N2O5/c1-30-18-10-8-17(9-11-18)15-27-25(29)20-6-4-5-7-21(20)26-28-16-24(33-26)22-13-12-19(31-2)14-23(22)32-3/h4-14,16H,15H2,1-3H3,(H,27,29). The van der Waals surface area contributed by atoms with Gasteiger partial charge in [0.05, 0.1) is 38.7 Å². The number of nitrogens with zero attached hydrogens (tertiary/aromatic N) is 1. The molecule has 1 heterocycles. The van der Waals surface area contributed by atoms with Crippen LogP contribution < -0.4 is 19.5 Å². The molecule has 7 nitrogen and oxygen atoms in total. The van der Waals surface area contributed by atoms with Crippen LogP contribution in [0.1, 0.15) is 15.9 Å². The Labute approximate surface area is 191 Å². The van der Waals surface area contributed by atoms with Crippen LogP contribution in [0.2, 0.25) is 0 Å². The van der Waals surface area contributed by atoms with Crippen molar-refractivity contribution in [2.45, 2.75) is 6.54 Å². The quantitative estimate of drug-likeness (QED) is 0.413. The van der Waals surface area contributed by atoms with Crippen molar-refractivity contribution in [2.24, 2.45) is 0 Å². The van der Waals surface area contributed by atoms with Crippen LogP contribution >= 0.6 is 0 Å². The van der Waals surface area contributed by atoms with Gasteiger partial charge in [0.2, 0.25) is 5.89 Å². The molecule has 0 fully saturated rings. The number of nitrogens with one attached hydrogen (secondary N) is 1. The number of ether oxygens (including phenoxy) is 3. The summed E-state index contributed by atoms with van der Waals surface area (Å²) in [5.74, 6) is 2.69. The fourth-order valence-electron chi connectivity index (χ4n) is 3.41. The molecule has 168 valence electrons. The zero-order valence-corrected chi connectivity index (χ0v) is 18.6. The molecule has 4 aromatic rings. The number of rotatable bonds is 8. The minimum atomic E-state index is -0.219. The number of aromatic nitrogens is 1. The van der Waals surface area contributed by atoms with E-state index in [1.54, 1.807) is 39.7 Å². The smallest absolute Gasteiger partial charge is 0.252 e. The Kier molecular flexibility index (Phi) is 6.59. The van der Waals surface area contributed by atoms with Gasteiger partial charge < -0.3 is 23.9 Å². The molecule has 1 aromatic heterocycles. The van der Waals surface area contributed by atoms with E-state index in [9.17, 15) is 4.79 Å². The first kappa shape index (κ1) is 22.0. The van der Waals surface area contributed by atoms with E-state index in [1.165, 1.54) is 0 Å². The Morgan fingerprint density at radius 2 is 1.61 bits per heavy atom. The van der Waals surface area contributed by atoms with Crippen molar-refractivity contribution in [1.29, 1.82) is 0 Å². The van der Waals surface area contributed by atoms with Gasteiger partial charge in [0.15, 0.2) is 5.76 Å². The number of carbonyl (C=O) groups is 1. The van der Waals surface area contributed by atoms with Crippen molar-refractivity contribution in [1.82, 2.24) is 10.3 Å². The molecule has 0 atom stereocenters. The maximum absolute atomic E-state index is 12.9. The molecule has 0 spiro atoms. The molecule has 1 amide bonds. The number of oxazole rings is 1. The summed E-state index contributed by atoms with van der Waals surface area (Å²) in [5, 5.41) is 2.95. The van der Waals surface area contributed by atoms with E-state index in [1.807, 2.05) is 54.6 Å². The second-order valence-corrected chi connectivity index (χ2v) is 7.17. The van der Waals surface area contributed by atoms with E-state index in [0.717, 1.165) is 16.9 Å². The Hall–Kier alpha value is -4.26. The molecule has 0 aliphatic heterocycles. The molecule has 0 bridgehead atoms. The third-order valence-corrected chi connectivity index (χ3v) is 5.19. The van der Waals surface area contributed by atoms with Crippen LogP contribution in [0.4, 0.5) is 0 Å². The van der Waals surface area contributed by atoms with Gasteiger partial charge in [0.25, 0.3) is 5.91 Å². The maximum Gasteiger partial charge on any atom is 0.252 e. The van der Waals surface area contributed by atoms with Crippen LogP contribution in [0, 0.1) is 0 Å². The summed E-state index contributed by atoms with van der Waals surface area (Å²) < 4.78 is 21.9. The number of methoxy groups -OCH3 is 3. The van der Waals surface area contributed by atoms with E-state index in [2.05, 4.69) is 10.3 Å². The van der Waals surface area contributed by atoms with Crippen LogP contribution in [-0.4, -0.2) is 32.2 Å². The molecule has 0 radical (unpaired) electrons. The van der Waals surface area contributed by atoms with Gasteiger partial charge in [-0.1, -0.05) is 24.3 Å². The predicted octanol–water partition coefficient (Wildman–Crippen LogP) is 4.96. The Bertz CT molecular complexity index is 1250. The molecule has 4 rings (SSSR count). The van der Waals surface area contributed by atoms with Crippen LogP contribution in [0.25, 0.3) is 22.8 Å². The lowest BCUT2D eigenvalue weighted by molar-refractivity contribution is 0.0951. The Morgan fingerprint density at radius 3 is 2.33 bits per heavy atom. The average Bonchev–Trinajstić information content (AvgIpc) is 3.37. The molecule has 3 aromatic carbocycles. The molecule has 0 aliphatic rings. The van der Waals surface area contributed by atoms with Crippen molar-refractivity contribution in [3.05, 3.63) is 84.1 Å². The van der Waals surface area contributed by atoms with Gasteiger partial charge in [-0.25, -0.2) is 4.98 Å². The fourth-order valence-corrected chi connectivity index (χ4v) is 3.41. The van der Waals surface area contributed by atoms with Gasteiger partial charge in [-0.3, -0.25) is 4.79 Å². The molecular formula is C26H24N2O5. The normalized spacial score (nSPS) is 10.5. The first-order chi connectivity index (χ1) is 16.1.